The van der Waals surface area contributed by atoms with Crippen LogP contribution in [0, 0.1) is 12.7 Å². The summed E-state index contributed by atoms with van der Waals surface area (Å²) in [7, 11) is 0. The highest BCUT2D eigenvalue weighted by atomic mass is 19.1. The van der Waals surface area contributed by atoms with E-state index in [1.54, 1.807) is 16.6 Å². The quantitative estimate of drug-likeness (QED) is 0.720. The summed E-state index contributed by atoms with van der Waals surface area (Å²) in [5.74, 6) is 0.611. The summed E-state index contributed by atoms with van der Waals surface area (Å²) in [5.41, 5.74) is 3.11. The average molecular weight is 255 g/mol. The van der Waals surface area contributed by atoms with Crippen LogP contribution in [0.2, 0.25) is 0 Å². The van der Waals surface area contributed by atoms with Gasteiger partial charge in [0.25, 0.3) is 0 Å². The summed E-state index contributed by atoms with van der Waals surface area (Å²) in [6, 6.07) is 10.5. The van der Waals surface area contributed by atoms with Gasteiger partial charge in [-0.2, -0.15) is 5.10 Å². The van der Waals surface area contributed by atoms with Crippen molar-refractivity contribution in [3.63, 3.8) is 0 Å². The molecule has 0 radical (unpaired) electrons. The van der Waals surface area contributed by atoms with E-state index in [-0.39, 0.29) is 5.82 Å². The van der Waals surface area contributed by atoms with Gasteiger partial charge in [-0.05, 0) is 42.7 Å². The first-order chi connectivity index (χ1) is 9.20. The Bertz CT molecular complexity index is 701. The monoisotopic (exact) mass is 255 g/mol. The highest BCUT2D eigenvalue weighted by Gasteiger charge is 2.04. The van der Waals surface area contributed by atoms with Crippen LogP contribution in [-0.2, 0) is 12.8 Å². The van der Waals surface area contributed by atoms with Crippen molar-refractivity contribution < 1.29 is 4.39 Å². The number of pyridine rings is 1. The second-order valence-electron chi connectivity index (χ2n) is 4.66. The highest BCUT2D eigenvalue weighted by Crippen LogP contribution is 2.08. The van der Waals surface area contributed by atoms with Crippen molar-refractivity contribution in [2.45, 2.75) is 19.8 Å². The lowest BCUT2D eigenvalue weighted by Crippen LogP contribution is -1.94. The zero-order valence-electron chi connectivity index (χ0n) is 10.7. The van der Waals surface area contributed by atoms with Crippen molar-refractivity contribution in [1.29, 1.82) is 0 Å². The number of hydrogen-bond acceptors (Lipinski definition) is 2. The van der Waals surface area contributed by atoms with Crippen LogP contribution in [0.1, 0.15) is 17.0 Å². The van der Waals surface area contributed by atoms with Crippen LogP contribution in [0.5, 0.6) is 0 Å². The first kappa shape index (κ1) is 11.8. The standard InChI is InChI=1S/C15H14FN3/c1-11-2-9-15-17-14(18-19(15)10-11)8-5-12-3-6-13(16)7-4-12/h2-4,6-7,9-10H,5,8H2,1H3. The minimum absolute atomic E-state index is 0.204. The van der Waals surface area contributed by atoms with Crippen LogP contribution in [0.3, 0.4) is 0 Å². The molecule has 3 aromatic rings. The Morgan fingerprint density at radius 1 is 1.05 bits per heavy atom. The summed E-state index contributed by atoms with van der Waals surface area (Å²) in [6.07, 6.45) is 3.53. The Balaban J connectivity index is 1.76. The third kappa shape index (κ3) is 2.62. The maximum absolute atomic E-state index is 12.8. The molecule has 0 saturated heterocycles. The molecule has 0 spiro atoms. The van der Waals surface area contributed by atoms with E-state index in [2.05, 4.69) is 10.1 Å². The lowest BCUT2D eigenvalue weighted by atomic mass is 10.1. The van der Waals surface area contributed by atoms with E-state index in [1.807, 2.05) is 25.3 Å². The van der Waals surface area contributed by atoms with Gasteiger partial charge in [0.1, 0.15) is 5.82 Å². The van der Waals surface area contributed by atoms with Crippen molar-refractivity contribution in [3.05, 3.63) is 65.4 Å². The van der Waals surface area contributed by atoms with Crippen LogP contribution >= 0.6 is 0 Å². The summed E-state index contributed by atoms with van der Waals surface area (Å²) in [6.45, 7) is 2.03. The predicted molar refractivity (Wildman–Crippen MR) is 71.5 cm³/mol. The van der Waals surface area contributed by atoms with Crippen molar-refractivity contribution in [1.82, 2.24) is 14.6 Å². The fraction of sp³-hybridized carbons (Fsp3) is 0.200. The van der Waals surface area contributed by atoms with E-state index >= 15 is 0 Å². The minimum Gasteiger partial charge on any atom is -0.221 e. The molecule has 3 nitrogen and oxygen atoms in total. The Labute approximate surface area is 110 Å². The van der Waals surface area contributed by atoms with Crippen LogP contribution in [0.4, 0.5) is 4.39 Å². The number of fused-ring (bicyclic) bond motifs is 1. The largest absolute Gasteiger partial charge is 0.221 e. The van der Waals surface area contributed by atoms with Crippen LogP contribution < -0.4 is 0 Å². The summed E-state index contributed by atoms with van der Waals surface area (Å²) in [4.78, 5) is 4.46. The molecule has 0 saturated carbocycles. The van der Waals surface area contributed by atoms with Crippen molar-refractivity contribution >= 4 is 5.65 Å². The highest BCUT2D eigenvalue weighted by molar-refractivity contribution is 5.38. The Morgan fingerprint density at radius 3 is 2.63 bits per heavy atom. The van der Waals surface area contributed by atoms with Crippen molar-refractivity contribution in [2.24, 2.45) is 0 Å². The lowest BCUT2D eigenvalue weighted by Gasteiger charge is -1.97. The molecular weight excluding hydrogens is 241 g/mol. The first-order valence-electron chi connectivity index (χ1n) is 6.27. The molecule has 0 fully saturated rings. The predicted octanol–water partition coefficient (Wildman–Crippen LogP) is 2.96. The summed E-state index contributed by atoms with van der Waals surface area (Å²) >= 11 is 0. The Morgan fingerprint density at radius 2 is 1.84 bits per heavy atom. The van der Waals surface area contributed by atoms with E-state index in [1.165, 1.54) is 12.1 Å². The molecule has 0 atom stereocenters. The molecule has 2 heterocycles. The molecule has 0 aliphatic rings. The zero-order chi connectivity index (χ0) is 13.2. The Hall–Kier alpha value is -2.23. The number of benzene rings is 1. The van der Waals surface area contributed by atoms with E-state index < -0.39 is 0 Å². The molecule has 2 aromatic heterocycles. The maximum Gasteiger partial charge on any atom is 0.155 e. The molecule has 19 heavy (non-hydrogen) atoms. The fourth-order valence-electron chi connectivity index (χ4n) is 2.05. The number of aryl methyl sites for hydroxylation is 3. The second kappa shape index (κ2) is 4.80. The Kier molecular flexibility index (Phi) is 2.99. The van der Waals surface area contributed by atoms with Gasteiger partial charge in [-0.1, -0.05) is 18.2 Å². The fourth-order valence-corrected chi connectivity index (χ4v) is 2.05. The molecule has 0 bridgehead atoms. The molecule has 0 N–H and O–H groups in total. The van der Waals surface area contributed by atoms with Gasteiger partial charge in [-0.25, -0.2) is 13.9 Å². The van der Waals surface area contributed by atoms with E-state index in [0.717, 1.165) is 35.4 Å². The zero-order valence-corrected chi connectivity index (χ0v) is 10.7. The van der Waals surface area contributed by atoms with Gasteiger partial charge in [-0.3, -0.25) is 0 Å². The smallest absolute Gasteiger partial charge is 0.155 e. The van der Waals surface area contributed by atoms with E-state index in [0.29, 0.717) is 0 Å². The topological polar surface area (TPSA) is 30.2 Å². The molecule has 3 rings (SSSR count). The van der Waals surface area contributed by atoms with Crippen molar-refractivity contribution in [2.75, 3.05) is 0 Å². The van der Waals surface area contributed by atoms with Crippen LogP contribution in [-0.4, -0.2) is 14.6 Å². The molecule has 96 valence electrons. The van der Waals surface area contributed by atoms with Crippen LogP contribution in [0.25, 0.3) is 5.65 Å². The van der Waals surface area contributed by atoms with Crippen molar-refractivity contribution in [3.8, 4) is 0 Å². The lowest BCUT2D eigenvalue weighted by molar-refractivity contribution is 0.627. The maximum atomic E-state index is 12.8. The van der Waals surface area contributed by atoms with Gasteiger partial charge < -0.3 is 0 Å². The number of rotatable bonds is 3. The second-order valence-corrected chi connectivity index (χ2v) is 4.66. The van der Waals surface area contributed by atoms with Gasteiger partial charge in [-0.15, -0.1) is 0 Å². The van der Waals surface area contributed by atoms with Crippen LogP contribution in [0.15, 0.2) is 42.6 Å². The molecule has 0 amide bonds. The average Bonchev–Trinajstić information content (AvgIpc) is 2.80. The SMILES string of the molecule is Cc1ccc2nc(CCc3ccc(F)cc3)nn2c1. The van der Waals surface area contributed by atoms with Gasteiger partial charge in [0, 0.05) is 12.6 Å². The molecule has 0 aliphatic carbocycles. The third-order valence-electron chi connectivity index (χ3n) is 3.07. The minimum atomic E-state index is -0.204. The van der Waals surface area contributed by atoms with E-state index in [9.17, 15) is 4.39 Å². The van der Waals surface area contributed by atoms with Gasteiger partial charge in [0.2, 0.25) is 0 Å². The normalized spacial score (nSPS) is 11.1. The summed E-state index contributed by atoms with van der Waals surface area (Å²) < 4.78 is 14.6. The van der Waals surface area contributed by atoms with Gasteiger partial charge >= 0.3 is 0 Å². The number of nitrogens with zero attached hydrogens (tertiary/aromatic N) is 3. The van der Waals surface area contributed by atoms with Gasteiger partial charge in [0.05, 0.1) is 0 Å². The molecule has 1 aromatic carbocycles. The molecule has 0 aliphatic heterocycles. The van der Waals surface area contributed by atoms with E-state index in [4.69, 9.17) is 0 Å². The first-order valence-corrected chi connectivity index (χ1v) is 6.27. The van der Waals surface area contributed by atoms with Gasteiger partial charge in [0.15, 0.2) is 11.5 Å². The molecule has 4 heteroatoms. The third-order valence-corrected chi connectivity index (χ3v) is 3.07. The number of halogens is 1. The number of hydrogen-bond donors (Lipinski definition) is 0. The molecular formula is C15H14FN3. The molecule has 0 unspecified atom stereocenters. The number of aromatic nitrogens is 3. The summed E-state index contributed by atoms with van der Waals surface area (Å²) in [5, 5.41) is 4.44.